The number of aryl methyl sites for hydroxylation is 1. The number of rotatable bonds is 9. The largest absolute Gasteiger partial charge is 0.364 e. The van der Waals surface area contributed by atoms with E-state index in [0.717, 1.165) is 18.5 Å². The Bertz CT molecular complexity index is 1040. The van der Waals surface area contributed by atoms with Gasteiger partial charge in [0.1, 0.15) is 5.69 Å². The Labute approximate surface area is 174 Å². The van der Waals surface area contributed by atoms with Crippen molar-refractivity contribution >= 4 is 23.3 Å². The first-order valence-corrected chi connectivity index (χ1v) is 9.84. The zero-order valence-corrected chi connectivity index (χ0v) is 16.8. The molecular formula is C23H24N4O3. The number of ketones is 1. The summed E-state index contributed by atoms with van der Waals surface area (Å²) in [6.45, 7) is 2.11. The number of nitrogens with one attached hydrogen (secondary N) is 1. The summed E-state index contributed by atoms with van der Waals surface area (Å²) < 4.78 is 1.52. The Morgan fingerprint density at radius 1 is 0.967 bits per heavy atom. The molecule has 30 heavy (non-hydrogen) atoms. The van der Waals surface area contributed by atoms with Gasteiger partial charge in [0.2, 0.25) is 5.91 Å². The highest BCUT2D eigenvalue weighted by atomic mass is 16.2. The first-order chi connectivity index (χ1) is 14.5. The van der Waals surface area contributed by atoms with Crippen LogP contribution in [0.25, 0.3) is 5.69 Å². The van der Waals surface area contributed by atoms with Gasteiger partial charge in [-0.25, -0.2) is 4.68 Å². The average Bonchev–Trinajstić information content (AvgIpc) is 3.24. The van der Waals surface area contributed by atoms with E-state index in [9.17, 15) is 14.4 Å². The van der Waals surface area contributed by atoms with Crippen molar-refractivity contribution in [2.45, 2.75) is 32.6 Å². The number of hydrogen-bond acceptors (Lipinski definition) is 4. The number of Topliss-reactive ketones (excluding diaryl/α,β-unsaturated/α-hetero) is 1. The molecule has 0 unspecified atom stereocenters. The lowest BCUT2D eigenvalue weighted by molar-refractivity contribution is -0.116. The van der Waals surface area contributed by atoms with Gasteiger partial charge in [0.15, 0.2) is 5.78 Å². The third-order valence-electron chi connectivity index (χ3n) is 4.65. The summed E-state index contributed by atoms with van der Waals surface area (Å²) in [4.78, 5) is 35.6. The molecule has 1 heterocycles. The molecule has 0 aliphatic carbocycles. The van der Waals surface area contributed by atoms with Gasteiger partial charge in [-0.05, 0) is 42.3 Å². The van der Waals surface area contributed by atoms with Crippen LogP contribution >= 0.6 is 0 Å². The first kappa shape index (κ1) is 21.0. The van der Waals surface area contributed by atoms with E-state index < -0.39 is 5.91 Å². The van der Waals surface area contributed by atoms with Gasteiger partial charge in [0.25, 0.3) is 5.91 Å². The summed E-state index contributed by atoms with van der Waals surface area (Å²) in [5, 5.41) is 6.86. The molecular weight excluding hydrogens is 380 g/mol. The normalized spacial score (nSPS) is 10.6. The van der Waals surface area contributed by atoms with Gasteiger partial charge in [-0.3, -0.25) is 14.4 Å². The van der Waals surface area contributed by atoms with Crippen molar-refractivity contribution in [2.75, 3.05) is 5.32 Å². The Morgan fingerprint density at radius 2 is 1.67 bits per heavy atom. The first-order valence-electron chi connectivity index (χ1n) is 9.84. The quantitative estimate of drug-likeness (QED) is 0.532. The monoisotopic (exact) mass is 404 g/mol. The molecule has 0 aliphatic heterocycles. The molecule has 3 rings (SSSR count). The molecule has 7 nitrogen and oxygen atoms in total. The molecule has 0 saturated carbocycles. The van der Waals surface area contributed by atoms with Crippen molar-refractivity contribution in [3.63, 3.8) is 0 Å². The standard InChI is InChI=1S/C23H24N4O3/c1-2-3-16-4-6-17(7-5-16)21(28)12-13-22(29)25-18-8-10-19(11-9-18)27-15-14-20(26-27)23(24)30/h4-11,14-15H,2-3,12-13H2,1H3,(H2,24,30)(H,25,29). The molecule has 3 aromatic rings. The number of nitrogens with zero attached hydrogens (tertiary/aromatic N) is 2. The fourth-order valence-corrected chi connectivity index (χ4v) is 3.04. The third-order valence-corrected chi connectivity index (χ3v) is 4.65. The van der Waals surface area contributed by atoms with Crippen LogP contribution in [0.5, 0.6) is 0 Å². The molecule has 0 fully saturated rings. The Hall–Kier alpha value is -3.74. The van der Waals surface area contributed by atoms with Crippen molar-refractivity contribution in [3.8, 4) is 5.69 Å². The molecule has 0 radical (unpaired) electrons. The van der Waals surface area contributed by atoms with Crippen molar-refractivity contribution < 1.29 is 14.4 Å². The summed E-state index contributed by atoms with van der Waals surface area (Å²) in [5.41, 5.74) is 8.55. The lowest BCUT2D eigenvalue weighted by Gasteiger charge is -2.07. The minimum absolute atomic E-state index is 0.0486. The van der Waals surface area contributed by atoms with E-state index in [1.807, 2.05) is 24.3 Å². The van der Waals surface area contributed by atoms with E-state index in [0.29, 0.717) is 11.3 Å². The molecule has 0 spiro atoms. The Morgan fingerprint density at radius 3 is 2.27 bits per heavy atom. The smallest absolute Gasteiger partial charge is 0.269 e. The lowest BCUT2D eigenvalue weighted by Crippen LogP contribution is -2.13. The summed E-state index contributed by atoms with van der Waals surface area (Å²) in [7, 11) is 0. The molecule has 0 saturated heterocycles. The average molecular weight is 404 g/mol. The van der Waals surface area contributed by atoms with E-state index in [-0.39, 0.29) is 30.2 Å². The molecule has 154 valence electrons. The van der Waals surface area contributed by atoms with E-state index in [2.05, 4.69) is 17.3 Å². The number of nitrogens with two attached hydrogens (primary N) is 1. The topological polar surface area (TPSA) is 107 Å². The number of amides is 2. The van der Waals surface area contributed by atoms with Crippen molar-refractivity contribution in [2.24, 2.45) is 5.73 Å². The molecule has 0 bridgehead atoms. The van der Waals surface area contributed by atoms with Crippen LogP contribution < -0.4 is 11.1 Å². The second-order valence-corrected chi connectivity index (χ2v) is 6.97. The van der Waals surface area contributed by atoms with Gasteiger partial charge in [0, 0.05) is 30.3 Å². The van der Waals surface area contributed by atoms with Gasteiger partial charge >= 0.3 is 0 Å². The number of primary amides is 1. The van der Waals surface area contributed by atoms with Crippen LogP contribution in [0.3, 0.4) is 0 Å². The van der Waals surface area contributed by atoms with Crippen LogP contribution in [0.2, 0.25) is 0 Å². The Kier molecular flexibility index (Phi) is 6.75. The maximum Gasteiger partial charge on any atom is 0.269 e. The molecule has 0 atom stereocenters. The number of benzene rings is 2. The van der Waals surface area contributed by atoms with Crippen molar-refractivity contribution in [1.82, 2.24) is 9.78 Å². The number of carbonyl (C=O) groups is 3. The highest BCUT2D eigenvalue weighted by Crippen LogP contribution is 2.15. The predicted molar refractivity (Wildman–Crippen MR) is 115 cm³/mol. The summed E-state index contributed by atoms with van der Waals surface area (Å²) in [6.07, 6.45) is 3.94. The van der Waals surface area contributed by atoms with Gasteiger partial charge < -0.3 is 11.1 Å². The molecule has 1 aromatic heterocycles. The third kappa shape index (κ3) is 5.41. The van der Waals surface area contributed by atoms with E-state index in [1.165, 1.54) is 16.3 Å². The molecule has 2 amide bonds. The number of hydrogen-bond donors (Lipinski definition) is 2. The maximum atomic E-state index is 12.3. The number of aromatic nitrogens is 2. The molecule has 3 N–H and O–H groups in total. The molecule has 2 aromatic carbocycles. The number of carbonyl (C=O) groups excluding carboxylic acids is 3. The van der Waals surface area contributed by atoms with Crippen LogP contribution in [0.15, 0.2) is 60.8 Å². The summed E-state index contributed by atoms with van der Waals surface area (Å²) >= 11 is 0. The van der Waals surface area contributed by atoms with E-state index in [1.54, 1.807) is 30.5 Å². The van der Waals surface area contributed by atoms with Crippen LogP contribution in [0.4, 0.5) is 5.69 Å². The van der Waals surface area contributed by atoms with Crippen molar-refractivity contribution in [1.29, 1.82) is 0 Å². The fourth-order valence-electron chi connectivity index (χ4n) is 3.04. The second-order valence-electron chi connectivity index (χ2n) is 6.97. The maximum absolute atomic E-state index is 12.3. The summed E-state index contributed by atoms with van der Waals surface area (Å²) in [5.74, 6) is -0.870. The van der Waals surface area contributed by atoms with Crippen molar-refractivity contribution in [3.05, 3.63) is 77.6 Å². The highest BCUT2D eigenvalue weighted by Gasteiger charge is 2.10. The van der Waals surface area contributed by atoms with Crippen LogP contribution in [-0.4, -0.2) is 27.4 Å². The second kappa shape index (κ2) is 9.65. The van der Waals surface area contributed by atoms with Gasteiger partial charge in [0.05, 0.1) is 5.69 Å². The zero-order chi connectivity index (χ0) is 21.5. The molecule has 0 aliphatic rings. The van der Waals surface area contributed by atoms with Gasteiger partial charge in [-0.2, -0.15) is 5.10 Å². The zero-order valence-electron chi connectivity index (χ0n) is 16.8. The predicted octanol–water partition coefficient (Wildman–Crippen LogP) is 3.53. The van der Waals surface area contributed by atoms with Crippen LogP contribution in [0, 0.1) is 0 Å². The highest BCUT2D eigenvalue weighted by molar-refractivity contribution is 6.00. The lowest BCUT2D eigenvalue weighted by atomic mass is 10.0. The van der Waals surface area contributed by atoms with E-state index >= 15 is 0 Å². The molecule has 7 heteroatoms. The van der Waals surface area contributed by atoms with Crippen LogP contribution in [-0.2, 0) is 11.2 Å². The van der Waals surface area contributed by atoms with Gasteiger partial charge in [-0.15, -0.1) is 0 Å². The minimum atomic E-state index is -0.593. The van der Waals surface area contributed by atoms with Crippen LogP contribution in [0.1, 0.15) is 52.6 Å². The van der Waals surface area contributed by atoms with Gasteiger partial charge in [-0.1, -0.05) is 37.6 Å². The summed E-state index contributed by atoms with van der Waals surface area (Å²) in [6, 6.07) is 16.1. The van der Waals surface area contributed by atoms with E-state index in [4.69, 9.17) is 5.73 Å². The minimum Gasteiger partial charge on any atom is -0.364 e. The Balaban J connectivity index is 1.51. The SMILES string of the molecule is CCCc1ccc(C(=O)CCC(=O)Nc2ccc(-n3ccc(C(N)=O)n3)cc2)cc1. The number of anilines is 1. The fraction of sp³-hybridized carbons (Fsp3) is 0.217.